The zero-order valence-electron chi connectivity index (χ0n) is 7.92. The molecule has 0 aromatic heterocycles. The van der Waals surface area contributed by atoms with Crippen LogP contribution in [0, 0.1) is 0 Å². The summed E-state index contributed by atoms with van der Waals surface area (Å²) in [6.07, 6.45) is 0.136. The van der Waals surface area contributed by atoms with E-state index in [1.165, 1.54) is 0 Å². The second-order valence-electron chi connectivity index (χ2n) is 3.07. The highest BCUT2D eigenvalue weighted by atomic mass is 19.1. The van der Waals surface area contributed by atoms with Crippen molar-refractivity contribution >= 4 is 0 Å². The maximum absolute atomic E-state index is 12.6. The first-order valence-electron chi connectivity index (χ1n) is 4.82. The summed E-state index contributed by atoms with van der Waals surface area (Å²) in [5.74, 6) is 0. The molecular weight excluding hydrogens is 157 g/mol. The number of halogens is 1. The van der Waals surface area contributed by atoms with Crippen molar-refractivity contribution in [2.45, 2.75) is 32.5 Å². The lowest BCUT2D eigenvalue weighted by atomic mass is 10.2. The van der Waals surface area contributed by atoms with Crippen molar-refractivity contribution in [1.29, 1.82) is 0 Å². The Hall–Kier alpha value is -0.150. The van der Waals surface area contributed by atoms with Gasteiger partial charge in [-0.15, -0.1) is 0 Å². The Morgan fingerprint density at radius 3 is 2.33 bits per heavy atom. The summed E-state index contributed by atoms with van der Waals surface area (Å²) in [5.41, 5.74) is 0. The molecule has 2 aliphatic rings. The smallest absolute Gasteiger partial charge is 0.114 e. The largest absolute Gasteiger partial charge is 0.378 e. The van der Waals surface area contributed by atoms with Gasteiger partial charge < -0.3 is 4.74 Å². The molecule has 2 heterocycles. The van der Waals surface area contributed by atoms with E-state index in [0.29, 0.717) is 12.6 Å². The van der Waals surface area contributed by atoms with E-state index in [-0.39, 0.29) is 0 Å². The molecule has 2 rings (SSSR count). The molecule has 2 saturated heterocycles. The fourth-order valence-electron chi connectivity index (χ4n) is 1.51. The molecule has 0 saturated carbocycles. The monoisotopic (exact) mass is 175 g/mol. The van der Waals surface area contributed by atoms with Gasteiger partial charge in [-0.05, 0) is 6.42 Å². The van der Waals surface area contributed by atoms with Crippen LogP contribution in [0.2, 0.25) is 0 Å². The standard InChI is InChI=1S/C7H12FNO.C2H6/c8-6-1-2-9(3-6)7-4-10-5-7;1-2/h6-7H,1-5H2;1-2H3/t6-;/m1./s1. The average Bonchev–Trinajstić information content (AvgIpc) is 2.37. The van der Waals surface area contributed by atoms with Gasteiger partial charge in [-0.1, -0.05) is 13.8 Å². The molecule has 1 atom stereocenters. The predicted octanol–water partition coefficient (Wildman–Crippen LogP) is 1.46. The number of ether oxygens (including phenoxy) is 1. The van der Waals surface area contributed by atoms with Crippen molar-refractivity contribution in [3.05, 3.63) is 0 Å². The van der Waals surface area contributed by atoms with E-state index >= 15 is 0 Å². The Morgan fingerprint density at radius 1 is 1.33 bits per heavy atom. The van der Waals surface area contributed by atoms with E-state index in [4.69, 9.17) is 4.74 Å². The van der Waals surface area contributed by atoms with Crippen LogP contribution in [-0.4, -0.2) is 43.4 Å². The van der Waals surface area contributed by atoms with Crippen LogP contribution in [-0.2, 0) is 4.74 Å². The van der Waals surface area contributed by atoms with Gasteiger partial charge in [0, 0.05) is 13.1 Å². The summed E-state index contributed by atoms with van der Waals surface area (Å²) < 4.78 is 17.6. The lowest BCUT2D eigenvalue weighted by molar-refractivity contribution is -0.0584. The van der Waals surface area contributed by atoms with E-state index in [0.717, 1.165) is 26.2 Å². The number of hydrogen-bond acceptors (Lipinski definition) is 2. The number of hydrogen-bond donors (Lipinski definition) is 0. The second kappa shape index (κ2) is 4.77. The van der Waals surface area contributed by atoms with E-state index in [1.807, 2.05) is 13.8 Å². The van der Waals surface area contributed by atoms with E-state index in [2.05, 4.69) is 4.90 Å². The van der Waals surface area contributed by atoms with Crippen LogP contribution in [0.3, 0.4) is 0 Å². The van der Waals surface area contributed by atoms with Crippen LogP contribution in [0.5, 0.6) is 0 Å². The maximum Gasteiger partial charge on any atom is 0.114 e. The normalized spacial score (nSPS) is 30.8. The fraction of sp³-hybridized carbons (Fsp3) is 1.00. The summed E-state index contributed by atoms with van der Waals surface area (Å²) >= 11 is 0. The van der Waals surface area contributed by atoms with Crippen LogP contribution in [0.1, 0.15) is 20.3 Å². The van der Waals surface area contributed by atoms with Crippen molar-refractivity contribution in [1.82, 2.24) is 4.90 Å². The average molecular weight is 175 g/mol. The Morgan fingerprint density at radius 2 is 2.00 bits per heavy atom. The summed E-state index contributed by atoms with van der Waals surface area (Å²) in [7, 11) is 0. The molecular formula is C9H18FNO. The maximum atomic E-state index is 12.6. The van der Waals surface area contributed by atoms with Crippen LogP contribution < -0.4 is 0 Å². The highest BCUT2D eigenvalue weighted by molar-refractivity contribution is 4.84. The van der Waals surface area contributed by atoms with Crippen LogP contribution in [0.25, 0.3) is 0 Å². The van der Waals surface area contributed by atoms with Gasteiger partial charge in [0.15, 0.2) is 0 Å². The van der Waals surface area contributed by atoms with Gasteiger partial charge in [0.25, 0.3) is 0 Å². The van der Waals surface area contributed by atoms with Gasteiger partial charge in [-0.3, -0.25) is 4.90 Å². The van der Waals surface area contributed by atoms with Gasteiger partial charge in [-0.25, -0.2) is 4.39 Å². The molecule has 72 valence electrons. The summed E-state index contributed by atoms with van der Waals surface area (Å²) in [4.78, 5) is 2.19. The summed E-state index contributed by atoms with van der Waals surface area (Å²) in [5, 5.41) is 0. The Balaban J connectivity index is 0.000000336. The first-order valence-corrected chi connectivity index (χ1v) is 4.82. The molecule has 2 aliphatic heterocycles. The van der Waals surface area contributed by atoms with Crippen molar-refractivity contribution in [3.63, 3.8) is 0 Å². The molecule has 0 N–H and O–H groups in total. The minimum absolute atomic E-state index is 0.528. The molecule has 0 aromatic carbocycles. The SMILES string of the molecule is CC.F[C@@H]1CCN(C2COC2)C1. The van der Waals surface area contributed by atoms with Gasteiger partial charge in [0.2, 0.25) is 0 Å². The minimum Gasteiger partial charge on any atom is -0.378 e. The Kier molecular flexibility index (Phi) is 3.95. The van der Waals surface area contributed by atoms with E-state index < -0.39 is 6.17 Å². The van der Waals surface area contributed by atoms with Gasteiger partial charge in [-0.2, -0.15) is 0 Å². The molecule has 0 spiro atoms. The predicted molar refractivity (Wildman–Crippen MR) is 47.0 cm³/mol. The van der Waals surface area contributed by atoms with Crippen molar-refractivity contribution in [3.8, 4) is 0 Å². The van der Waals surface area contributed by atoms with E-state index in [9.17, 15) is 4.39 Å². The lowest BCUT2D eigenvalue weighted by Crippen LogP contribution is -2.47. The summed E-state index contributed by atoms with van der Waals surface area (Å²) in [6.45, 7) is 7.18. The molecule has 2 nitrogen and oxygen atoms in total. The molecule has 3 heteroatoms. The van der Waals surface area contributed by atoms with Gasteiger partial charge in [0.05, 0.1) is 19.3 Å². The number of likely N-dealkylation sites (tertiary alicyclic amines) is 1. The highest BCUT2D eigenvalue weighted by Gasteiger charge is 2.31. The van der Waals surface area contributed by atoms with Crippen molar-refractivity contribution in [2.24, 2.45) is 0 Å². The topological polar surface area (TPSA) is 12.5 Å². The van der Waals surface area contributed by atoms with Crippen LogP contribution in [0.4, 0.5) is 4.39 Å². The molecule has 0 amide bonds. The zero-order valence-corrected chi connectivity index (χ0v) is 7.92. The highest BCUT2D eigenvalue weighted by Crippen LogP contribution is 2.19. The first-order chi connectivity index (χ1) is 5.86. The Bertz CT molecular complexity index is 128. The zero-order chi connectivity index (χ0) is 8.97. The van der Waals surface area contributed by atoms with Gasteiger partial charge in [0.1, 0.15) is 6.17 Å². The van der Waals surface area contributed by atoms with Crippen LogP contribution >= 0.6 is 0 Å². The number of alkyl halides is 1. The molecule has 0 aliphatic carbocycles. The van der Waals surface area contributed by atoms with E-state index in [1.54, 1.807) is 0 Å². The quantitative estimate of drug-likeness (QED) is 0.598. The second-order valence-corrected chi connectivity index (χ2v) is 3.07. The minimum atomic E-state index is -0.583. The third kappa shape index (κ3) is 2.17. The van der Waals surface area contributed by atoms with Crippen molar-refractivity contribution < 1.29 is 9.13 Å². The molecule has 0 unspecified atom stereocenters. The third-order valence-electron chi connectivity index (χ3n) is 2.30. The number of nitrogens with zero attached hydrogens (tertiary/aromatic N) is 1. The lowest BCUT2D eigenvalue weighted by Gasteiger charge is -2.34. The fourth-order valence-corrected chi connectivity index (χ4v) is 1.51. The third-order valence-corrected chi connectivity index (χ3v) is 2.30. The van der Waals surface area contributed by atoms with Gasteiger partial charge >= 0.3 is 0 Å². The molecule has 0 radical (unpaired) electrons. The first kappa shape index (κ1) is 9.93. The van der Waals surface area contributed by atoms with Crippen molar-refractivity contribution in [2.75, 3.05) is 26.3 Å². The molecule has 12 heavy (non-hydrogen) atoms. The van der Waals surface area contributed by atoms with Crippen LogP contribution in [0.15, 0.2) is 0 Å². The molecule has 2 fully saturated rings. The Labute approximate surface area is 73.7 Å². The molecule has 0 aromatic rings. The molecule has 0 bridgehead atoms. The number of rotatable bonds is 1. The summed E-state index contributed by atoms with van der Waals surface area (Å²) in [6, 6.07) is 0.528.